The van der Waals surface area contributed by atoms with Crippen molar-refractivity contribution in [1.29, 1.82) is 0 Å². The number of benzene rings is 3. The van der Waals surface area contributed by atoms with Crippen molar-refractivity contribution in [1.82, 2.24) is 19.7 Å². The summed E-state index contributed by atoms with van der Waals surface area (Å²) < 4.78 is 1.80. The van der Waals surface area contributed by atoms with Gasteiger partial charge in [0.2, 0.25) is 5.95 Å². The lowest BCUT2D eigenvalue weighted by molar-refractivity contribution is 0.0697. The Balaban J connectivity index is 1.54. The molecular weight excluding hydrogens is 390 g/mol. The molecule has 0 aliphatic rings. The fourth-order valence-electron chi connectivity index (χ4n) is 3.40. The summed E-state index contributed by atoms with van der Waals surface area (Å²) in [5, 5.41) is 17.5. The smallest absolute Gasteiger partial charge is 0.335 e. The van der Waals surface area contributed by atoms with Crippen LogP contribution in [0, 0.1) is 0 Å². The average molecular weight is 407 g/mol. The molecule has 2 heterocycles. The fraction of sp³-hybridized carbons (Fsp3) is 0. The number of carbonyl (C=O) groups is 1. The number of rotatable bonds is 5. The van der Waals surface area contributed by atoms with Gasteiger partial charge in [0.25, 0.3) is 0 Å². The van der Waals surface area contributed by atoms with E-state index in [9.17, 15) is 4.79 Å². The second-order valence-electron chi connectivity index (χ2n) is 6.92. The van der Waals surface area contributed by atoms with Crippen LogP contribution in [0.4, 0.5) is 11.6 Å². The molecule has 31 heavy (non-hydrogen) atoms. The van der Waals surface area contributed by atoms with Gasteiger partial charge in [-0.2, -0.15) is 10.1 Å². The van der Waals surface area contributed by atoms with Gasteiger partial charge < -0.3 is 10.4 Å². The molecule has 0 atom stereocenters. The Labute approximate surface area is 177 Å². The molecule has 5 aromatic rings. The fourth-order valence-corrected chi connectivity index (χ4v) is 3.40. The Hall–Kier alpha value is -4.52. The molecule has 2 N–H and O–H groups in total. The maximum atomic E-state index is 11.0. The van der Waals surface area contributed by atoms with E-state index in [4.69, 9.17) is 5.11 Å². The third-order valence-corrected chi connectivity index (χ3v) is 4.91. The largest absolute Gasteiger partial charge is 0.478 e. The zero-order valence-electron chi connectivity index (χ0n) is 16.3. The van der Waals surface area contributed by atoms with Gasteiger partial charge in [-0.1, -0.05) is 48.5 Å². The molecule has 2 aromatic heterocycles. The van der Waals surface area contributed by atoms with E-state index in [1.54, 1.807) is 29.2 Å². The molecule has 0 saturated carbocycles. The normalized spacial score (nSPS) is 10.8. The summed E-state index contributed by atoms with van der Waals surface area (Å²) in [4.78, 5) is 20.1. The molecule has 7 nitrogen and oxygen atoms in total. The second kappa shape index (κ2) is 7.72. The molecule has 0 aliphatic heterocycles. The highest BCUT2D eigenvalue weighted by Gasteiger charge is 2.13. The van der Waals surface area contributed by atoms with Crippen LogP contribution in [0.15, 0.2) is 91.3 Å². The van der Waals surface area contributed by atoms with Crippen LogP contribution in [0.2, 0.25) is 0 Å². The molecule has 0 aliphatic carbocycles. The van der Waals surface area contributed by atoms with Gasteiger partial charge in [0, 0.05) is 17.4 Å². The van der Waals surface area contributed by atoms with Crippen LogP contribution >= 0.6 is 0 Å². The summed E-state index contributed by atoms with van der Waals surface area (Å²) in [5.41, 5.74) is 4.64. The highest BCUT2D eigenvalue weighted by molar-refractivity contribution is 5.88. The van der Waals surface area contributed by atoms with E-state index in [0.29, 0.717) is 17.3 Å². The minimum absolute atomic E-state index is 0.220. The van der Waals surface area contributed by atoms with E-state index in [2.05, 4.69) is 38.6 Å². The topological polar surface area (TPSA) is 92.9 Å². The Morgan fingerprint density at radius 1 is 0.871 bits per heavy atom. The Kier molecular flexibility index (Phi) is 4.61. The summed E-state index contributed by atoms with van der Waals surface area (Å²) in [7, 11) is 0. The highest BCUT2D eigenvalue weighted by atomic mass is 16.4. The number of aromatic carboxylic acids is 1. The first-order valence-corrected chi connectivity index (χ1v) is 9.65. The van der Waals surface area contributed by atoms with Crippen molar-refractivity contribution >= 4 is 28.6 Å². The Morgan fingerprint density at radius 2 is 1.61 bits per heavy atom. The number of carboxylic acid groups (broad SMARTS) is 1. The van der Waals surface area contributed by atoms with Crippen LogP contribution in [0.25, 0.3) is 27.8 Å². The van der Waals surface area contributed by atoms with Crippen molar-refractivity contribution in [2.24, 2.45) is 0 Å². The Bertz CT molecular complexity index is 1380. The van der Waals surface area contributed by atoms with Crippen molar-refractivity contribution < 1.29 is 9.90 Å². The molecular formula is C24H17N5O2. The van der Waals surface area contributed by atoms with Gasteiger partial charge in [0.1, 0.15) is 0 Å². The monoisotopic (exact) mass is 407 g/mol. The van der Waals surface area contributed by atoms with Crippen molar-refractivity contribution in [3.05, 3.63) is 96.8 Å². The van der Waals surface area contributed by atoms with Crippen LogP contribution in [-0.2, 0) is 0 Å². The zero-order valence-corrected chi connectivity index (χ0v) is 16.3. The molecule has 0 amide bonds. The van der Waals surface area contributed by atoms with Crippen LogP contribution in [0.5, 0.6) is 0 Å². The number of nitrogens with one attached hydrogen (secondary N) is 1. The molecule has 3 aromatic carbocycles. The predicted octanol–water partition coefficient (Wildman–Crippen LogP) is 4.92. The van der Waals surface area contributed by atoms with Crippen molar-refractivity contribution in [2.45, 2.75) is 0 Å². The molecule has 0 radical (unpaired) electrons. The minimum atomic E-state index is -0.967. The number of carboxylic acids is 1. The SMILES string of the molecule is O=C(O)c1ccc(Nc2ncc3cnn(-c4ccccc4-c4ccccc4)c3n2)cc1. The molecule has 0 fully saturated rings. The quantitative estimate of drug-likeness (QED) is 0.429. The average Bonchev–Trinajstić information content (AvgIpc) is 3.23. The molecule has 0 saturated heterocycles. The first kappa shape index (κ1) is 18.5. The number of anilines is 2. The first-order valence-electron chi connectivity index (χ1n) is 9.65. The maximum absolute atomic E-state index is 11.0. The molecule has 7 heteroatoms. The summed E-state index contributed by atoms with van der Waals surface area (Å²) in [5.74, 6) is -0.570. The molecule has 5 rings (SSSR count). The van der Waals surface area contributed by atoms with Gasteiger partial charge >= 0.3 is 5.97 Å². The van der Waals surface area contributed by atoms with Gasteiger partial charge in [-0.05, 0) is 35.9 Å². The lowest BCUT2D eigenvalue weighted by Gasteiger charge is -2.11. The third-order valence-electron chi connectivity index (χ3n) is 4.91. The van der Waals surface area contributed by atoms with Crippen LogP contribution in [-0.4, -0.2) is 30.8 Å². The van der Waals surface area contributed by atoms with Gasteiger partial charge in [0.15, 0.2) is 5.65 Å². The molecule has 150 valence electrons. The summed E-state index contributed by atoms with van der Waals surface area (Å²) in [6, 6.07) is 24.6. The molecule has 0 bridgehead atoms. The lowest BCUT2D eigenvalue weighted by atomic mass is 10.0. The minimum Gasteiger partial charge on any atom is -0.478 e. The number of hydrogen-bond acceptors (Lipinski definition) is 5. The molecule has 0 unspecified atom stereocenters. The van der Waals surface area contributed by atoms with Gasteiger partial charge in [-0.3, -0.25) is 0 Å². The predicted molar refractivity (Wildman–Crippen MR) is 119 cm³/mol. The summed E-state index contributed by atoms with van der Waals surface area (Å²) in [6.07, 6.45) is 3.45. The van der Waals surface area contributed by atoms with Crippen LogP contribution < -0.4 is 5.32 Å². The maximum Gasteiger partial charge on any atom is 0.335 e. The Morgan fingerprint density at radius 3 is 2.39 bits per heavy atom. The number of nitrogens with zero attached hydrogens (tertiary/aromatic N) is 4. The number of aromatic nitrogens is 4. The number of fused-ring (bicyclic) bond motifs is 1. The van der Waals surface area contributed by atoms with E-state index in [-0.39, 0.29) is 5.56 Å². The standard InChI is InChI=1S/C24H17N5O2/c30-23(31)17-10-12-19(13-11-17)27-24-25-14-18-15-26-29(22(18)28-24)21-9-5-4-8-20(21)16-6-2-1-3-7-16/h1-15H,(H,30,31)(H,25,27,28). The van der Waals surface area contributed by atoms with E-state index >= 15 is 0 Å². The summed E-state index contributed by atoms with van der Waals surface area (Å²) >= 11 is 0. The van der Waals surface area contributed by atoms with Gasteiger partial charge in [-0.15, -0.1) is 0 Å². The van der Waals surface area contributed by atoms with Crippen molar-refractivity contribution in [3.63, 3.8) is 0 Å². The summed E-state index contributed by atoms with van der Waals surface area (Å²) in [6.45, 7) is 0. The van der Waals surface area contributed by atoms with Crippen LogP contribution in [0.3, 0.4) is 0 Å². The number of hydrogen-bond donors (Lipinski definition) is 2. The zero-order chi connectivity index (χ0) is 21.2. The van der Waals surface area contributed by atoms with Crippen molar-refractivity contribution in [2.75, 3.05) is 5.32 Å². The highest BCUT2D eigenvalue weighted by Crippen LogP contribution is 2.28. The van der Waals surface area contributed by atoms with E-state index in [1.807, 2.05) is 36.4 Å². The van der Waals surface area contributed by atoms with Crippen molar-refractivity contribution in [3.8, 4) is 16.8 Å². The lowest BCUT2D eigenvalue weighted by Crippen LogP contribution is -2.03. The number of para-hydroxylation sites is 1. The van der Waals surface area contributed by atoms with Crippen LogP contribution in [0.1, 0.15) is 10.4 Å². The first-order chi connectivity index (χ1) is 15.2. The second-order valence-corrected chi connectivity index (χ2v) is 6.92. The van der Waals surface area contributed by atoms with Gasteiger partial charge in [0.05, 0.1) is 22.8 Å². The van der Waals surface area contributed by atoms with Gasteiger partial charge in [-0.25, -0.2) is 14.5 Å². The van der Waals surface area contributed by atoms with E-state index in [0.717, 1.165) is 22.2 Å². The van der Waals surface area contributed by atoms with E-state index in [1.165, 1.54) is 12.1 Å². The third kappa shape index (κ3) is 3.60. The molecule has 0 spiro atoms. The van der Waals surface area contributed by atoms with E-state index < -0.39 is 5.97 Å².